The van der Waals surface area contributed by atoms with E-state index in [-0.39, 0.29) is 6.61 Å². The topological polar surface area (TPSA) is 29.1 Å². The summed E-state index contributed by atoms with van der Waals surface area (Å²) in [4.78, 5) is 0. The van der Waals surface area contributed by atoms with Crippen LogP contribution in [-0.2, 0) is 11.7 Å². The van der Waals surface area contributed by atoms with E-state index in [0.717, 1.165) is 0 Å². The van der Waals surface area contributed by atoms with Crippen LogP contribution >= 0.6 is 0 Å². The van der Waals surface area contributed by atoms with E-state index in [4.69, 9.17) is 0 Å². The van der Waals surface area contributed by atoms with Gasteiger partial charge in [0.15, 0.2) is 0 Å². The molecule has 0 N–H and O–H groups in total. The van der Waals surface area contributed by atoms with Gasteiger partial charge >= 0.3 is 0 Å². The van der Waals surface area contributed by atoms with Gasteiger partial charge in [-0.15, -0.1) is 0 Å². The molecule has 3 heteroatoms. The average molecular weight is 155 g/mol. The lowest BCUT2D eigenvalue weighted by Gasteiger charge is -2.04. The van der Waals surface area contributed by atoms with Crippen molar-refractivity contribution in [1.29, 1.82) is 0 Å². The van der Waals surface area contributed by atoms with Gasteiger partial charge in [-0.3, -0.25) is 0 Å². The highest BCUT2D eigenvalue weighted by Gasteiger charge is 1.99. The number of para-hydroxylation sites is 1. The van der Waals surface area contributed by atoms with E-state index < -0.39 is 6.86 Å². The van der Waals surface area contributed by atoms with Crippen LogP contribution in [0.25, 0.3) is 0 Å². The first-order valence-corrected chi connectivity index (χ1v) is 3.23. The van der Waals surface area contributed by atoms with Crippen LogP contribution in [0.4, 0.5) is 4.39 Å². The second-order valence-electron chi connectivity index (χ2n) is 2.01. The molecule has 0 bridgehead atoms. The fraction of sp³-hybridized carbons (Fsp3) is 0.250. The van der Waals surface area contributed by atoms with Crippen LogP contribution in [-0.4, -0.2) is 6.86 Å². The number of halogens is 1. The maximum Gasteiger partial charge on any atom is 0.228 e. The van der Waals surface area contributed by atoms with E-state index in [1.165, 1.54) is 0 Å². The summed E-state index contributed by atoms with van der Waals surface area (Å²) in [5, 5.41) is 10.4. The lowest BCUT2D eigenvalue weighted by molar-refractivity contribution is 0.159. The second kappa shape index (κ2) is 3.93. The van der Waals surface area contributed by atoms with Crippen LogP contribution in [0.1, 0.15) is 5.56 Å². The highest BCUT2D eigenvalue weighted by Crippen LogP contribution is 2.17. The predicted molar refractivity (Wildman–Crippen MR) is 37.4 cm³/mol. The molecule has 0 aliphatic rings. The largest absolute Gasteiger partial charge is 0.463 e. The van der Waals surface area contributed by atoms with Crippen LogP contribution in [0.15, 0.2) is 24.3 Å². The molecule has 1 rings (SSSR count). The molecule has 0 aromatic heterocycles. The first kappa shape index (κ1) is 8.01. The fourth-order valence-corrected chi connectivity index (χ4v) is 0.823. The fourth-order valence-electron chi connectivity index (χ4n) is 0.823. The lowest BCUT2D eigenvalue weighted by atomic mass is 10.2. The van der Waals surface area contributed by atoms with Crippen molar-refractivity contribution in [2.24, 2.45) is 0 Å². The molecule has 0 spiro atoms. The molecule has 0 aliphatic heterocycles. The van der Waals surface area contributed by atoms with E-state index in [2.05, 4.69) is 4.74 Å². The van der Waals surface area contributed by atoms with Crippen molar-refractivity contribution in [2.75, 3.05) is 6.86 Å². The molecule has 59 valence electrons. The van der Waals surface area contributed by atoms with E-state index in [0.29, 0.717) is 11.3 Å². The highest BCUT2D eigenvalue weighted by atomic mass is 19.1. The van der Waals surface area contributed by atoms with Crippen LogP contribution in [0, 0.1) is 0 Å². The summed E-state index contributed by atoms with van der Waals surface area (Å²) in [6.07, 6.45) is 0. The van der Waals surface area contributed by atoms with E-state index in [1.807, 2.05) is 0 Å². The molecule has 1 radical (unpaired) electrons. The monoisotopic (exact) mass is 155 g/mol. The van der Waals surface area contributed by atoms with Gasteiger partial charge < -0.3 is 4.74 Å². The van der Waals surface area contributed by atoms with Crippen molar-refractivity contribution in [2.45, 2.75) is 6.61 Å². The van der Waals surface area contributed by atoms with Crippen molar-refractivity contribution in [3.8, 4) is 5.75 Å². The summed E-state index contributed by atoms with van der Waals surface area (Å²) in [6.45, 7) is -1.27. The van der Waals surface area contributed by atoms with Gasteiger partial charge in [0.25, 0.3) is 0 Å². The molecule has 0 saturated carbocycles. The third-order valence-electron chi connectivity index (χ3n) is 1.34. The van der Waals surface area contributed by atoms with Gasteiger partial charge in [0, 0.05) is 5.56 Å². The minimum Gasteiger partial charge on any atom is -0.463 e. The third kappa shape index (κ3) is 1.91. The number of ether oxygens (including phenoxy) is 1. The van der Waals surface area contributed by atoms with Crippen LogP contribution in [0.3, 0.4) is 0 Å². The molecular weight excluding hydrogens is 147 g/mol. The molecule has 2 nitrogen and oxygen atoms in total. The molecule has 0 atom stereocenters. The quantitative estimate of drug-likeness (QED) is 0.655. The Balaban J connectivity index is 2.83. The Bertz CT molecular complexity index is 225. The molecule has 0 amide bonds. The molecule has 0 fully saturated rings. The average Bonchev–Trinajstić information content (AvgIpc) is 2.06. The zero-order chi connectivity index (χ0) is 8.10. The first-order chi connectivity index (χ1) is 5.38. The van der Waals surface area contributed by atoms with Gasteiger partial charge in [-0.1, -0.05) is 18.2 Å². The SMILES string of the molecule is [O]Cc1ccccc1OCF. The summed E-state index contributed by atoms with van der Waals surface area (Å²) in [7, 11) is 0. The minimum atomic E-state index is -0.892. The number of rotatable bonds is 3. The van der Waals surface area contributed by atoms with Crippen molar-refractivity contribution in [3.05, 3.63) is 29.8 Å². The van der Waals surface area contributed by atoms with Crippen molar-refractivity contribution >= 4 is 0 Å². The smallest absolute Gasteiger partial charge is 0.228 e. The summed E-state index contributed by atoms with van der Waals surface area (Å²) in [6, 6.07) is 6.62. The van der Waals surface area contributed by atoms with E-state index >= 15 is 0 Å². The Kier molecular flexibility index (Phi) is 2.86. The third-order valence-corrected chi connectivity index (χ3v) is 1.34. The molecule has 0 unspecified atom stereocenters. The molecule has 0 heterocycles. The number of hydrogen-bond acceptors (Lipinski definition) is 1. The molecular formula is C8H8FO2. The maximum absolute atomic E-state index is 11.7. The molecule has 1 aromatic carbocycles. The molecule has 0 aliphatic carbocycles. The Morgan fingerprint density at radius 3 is 2.73 bits per heavy atom. The van der Waals surface area contributed by atoms with Gasteiger partial charge in [-0.25, -0.2) is 9.50 Å². The molecule has 1 aromatic rings. The van der Waals surface area contributed by atoms with Gasteiger partial charge in [-0.2, -0.15) is 0 Å². The summed E-state index contributed by atoms with van der Waals surface area (Å²) in [5.74, 6) is 0.338. The minimum absolute atomic E-state index is 0.338. The second-order valence-corrected chi connectivity index (χ2v) is 2.01. The van der Waals surface area contributed by atoms with Gasteiger partial charge in [0.2, 0.25) is 6.86 Å². The summed E-state index contributed by atoms with van der Waals surface area (Å²) < 4.78 is 16.2. The van der Waals surface area contributed by atoms with Gasteiger partial charge in [0.05, 0.1) is 0 Å². The van der Waals surface area contributed by atoms with Gasteiger partial charge in [-0.05, 0) is 6.07 Å². The number of alkyl halides is 1. The standard InChI is InChI=1S/C8H8FO2/c9-6-11-8-4-2-1-3-7(8)5-10/h1-4H,5-6H2. The molecule has 0 saturated heterocycles. The van der Waals surface area contributed by atoms with E-state index in [1.54, 1.807) is 24.3 Å². The van der Waals surface area contributed by atoms with E-state index in [9.17, 15) is 9.50 Å². The zero-order valence-electron chi connectivity index (χ0n) is 5.92. The summed E-state index contributed by atoms with van der Waals surface area (Å²) >= 11 is 0. The van der Waals surface area contributed by atoms with Crippen LogP contribution in [0.5, 0.6) is 5.75 Å². The number of benzene rings is 1. The molecule has 11 heavy (non-hydrogen) atoms. The normalized spacial score (nSPS) is 9.64. The van der Waals surface area contributed by atoms with Crippen LogP contribution < -0.4 is 4.74 Å². The maximum atomic E-state index is 11.7. The Morgan fingerprint density at radius 2 is 2.09 bits per heavy atom. The van der Waals surface area contributed by atoms with Crippen molar-refractivity contribution < 1.29 is 14.2 Å². The Labute approximate surface area is 64.2 Å². The Morgan fingerprint density at radius 1 is 1.36 bits per heavy atom. The van der Waals surface area contributed by atoms with Crippen molar-refractivity contribution in [3.63, 3.8) is 0 Å². The lowest BCUT2D eigenvalue weighted by Crippen LogP contribution is -1.94. The van der Waals surface area contributed by atoms with Crippen molar-refractivity contribution in [1.82, 2.24) is 0 Å². The predicted octanol–water partition coefficient (Wildman–Crippen LogP) is 1.92. The summed E-state index contributed by atoms with van der Waals surface area (Å²) in [5.41, 5.74) is 0.491. The number of hydrogen-bond donors (Lipinski definition) is 0. The zero-order valence-corrected chi connectivity index (χ0v) is 5.92. The Hall–Kier alpha value is -1.09. The van der Waals surface area contributed by atoms with Crippen LogP contribution in [0.2, 0.25) is 0 Å². The highest BCUT2D eigenvalue weighted by molar-refractivity contribution is 5.32. The first-order valence-electron chi connectivity index (χ1n) is 3.23. The van der Waals surface area contributed by atoms with Gasteiger partial charge in [0.1, 0.15) is 12.4 Å².